The first-order valence-corrected chi connectivity index (χ1v) is 8.93. The Balaban J connectivity index is 1.65. The Morgan fingerprint density at radius 1 is 1.17 bits per heavy atom. The minimum atomic E-state index is -4.55. The number of para-hydroxylation sites is 1. The number of anilines is 1. The molecule has 2 aromatic rings. The van der Waals surface area contributed by atoms with Gasteiger partial charge in [0, 0.05) is 30.8 Å². The molecular weight excluding hydrogens is 411 g/mol. The third-order valence-corrected chi connectivity index (χ3v) is 4.62. The summed E-state index contributed by atoms with van der Waals surface area (Å²) in [4.78, 5) is 25.8. The largest absolute Gasteiger partial charge is 0.434 e. The molecule has 160 valence electrons. The number of halogens is 5. The average molecular weight is 428 g/mol. The predicted molar refractivity (Wildman–Crippen MR) is 96.8 cm³/mol. The Kier molecular flexibility index (Phi) is 6.23. The quantitative estimate of drug-likeness (QED) is 0.709. The first-order chi connectivity index (χ1) is 14.1. The van der Waals surface area contributed by atoms with E-state index in [-0.39, 0.29) is 30.9 Å². The van der Waals surface area contributed by atoms with Crippen LogP contribution < -0.4 is 15.0 Å². The van der Waals surface area contributed by atoms with Crippen LogP contribution in [0.5, 0.6) is 5.75 Å². The molecule has 2 aromatic carbocycles. The molecule has 0 bridgehead atoms. The molecule has 0 radical (unpaired) electrons. The van der Waals surface area contributed by atoms with Crippen LogP contribution in [0.2, 0.25) is 0 Å². The second kappa shape index (κ2) is 8.68. The van der Waals surface area contributed by atoms with Crippen molar-refractivity contribution >= 4 is 17.5 Å². The lowest BCUT2D eigenvalue weighted by Gasteiger charge is -2.18. The molecule has 0 spiro atoms. The van der Waals surface area contributed by atoms with E-state index in [9.17, 15) is 31.5 Å². The molecule has 1 heterocycles. The topological polar surface area (TPSA) is 58.6 Å². The maximum Gasteiger partial charge on any atom is 0.416 e. The van der Waals surface area contributed by atoms with Crippen molar-refractivity contribution in [2.45, 2.75) is 25.8 Å². The molecule has 1 unspecified atom stereocenters. The van der Waals surface area contributed by atoms with E-state index in [2.05, 4.69) is 10.1 Å². The van der Waals surface area contributed by atoms with Crippen molar-refractivity contribution in [2.24, 2.45) is 5.92 Å². The zero-order valence-corrected chi connectivity index (χ0v) is 15.5. The number of alkyl halides is 5. The number of carbonyl (C=O) groups is 2. The van der Waals surface area contributed by atoms with Crippen LogP contribution in [0.25, 0.3) is 0 Å². The van der Waals surface area contributed by atoms with Gasteiger partial charge in [-0.25, -0.2) is 0 Å². The van der Waals surface area contributed by atoms with Gasteiger partial charge in [-0.15, -0.1) is 0 Å². The number of hydrogen-bond donors (Lipinski definition) is 1. The van der Waals surface area contributed by atoms with E-state index in [4.69, 9.17) is 0 Å². The number of ether oxygens (including phenoxy) is 1. The van der Waals surface area contributed by atoms with Crippen LogP contribution >= 0.6 is 0 Å². The molecular formula is C20H17F5N2O3. The lowest BCUT2D eigenvalue weighted by molar-refractivity contribution is -0.137. The number of amides is 2. The van der Waals surface area contributed by atoms with Crippen LogP contribution in [0.15, 0.2) is 48.5 Å². The second-order valence-electron chi connectivity index (χ2n) is 6.66. The molecule has 1 saturated heterocycles. The number of hydrogen-bond acceptors (Lipinski definition) is 3. The Morgan fingerprint density at radius 2 is 1.90 bits per heavy atom. The van der Waals surface area contributed by atoms with Crippen LogP contribution in [0.1, 0.15) is 17.5 Å². The minimum Gasteiger partial charge on any atom is -0.434 e. The highest BCUT2D eigenvalue weighted by Gasteiger charge is 2.36. The van der Waals surface area contributed by atoms with Gasteiger partial charge in [0.05, 0.1) is 11.5 Å². The third kappa shape index (κ3) is 5.05. The highest BCUT2D eigenvalue weighted by atomic mass is 19.4. The first kappa shape index (κ1) is 21.5. The lowest BCUT2D eigenvalue weighted by Crippen LogP contribution is -2.32. The Morgan fingerprint density at radius 3 is 2.60 bits per heavy atom. The van der Waals surface area contributed by atoms with E-state index in [1.165, 1.54) is 30.3 Å². The van der Waals surface area contributed by atoms with Gasteiger partial charge in [0.25, 0.3) is 0 Å². The molecule has 30 heavy (non-hydrogen) atoms. The van der Waals surface area contributed by atoms with Crippen molar-refractivity contribution in [3.05, 3.63) is 59.7 Å². The summed E-state index contributed by atoms with van der Waals surface area (Å²) in [5.41, 5.74) is -0.512. The molecule has 1 N–H and O–H groups in total. The van der Waals surface area contributed by atoms with Crippen LogP contribution in [-0.4, -0.2) is 25.0 Å². The summed E-state index contributed by atoms with van der Waals surface area (Å²) in [5, 5.41) is 2.56. The number of carbonyl (C=O) groups excluding carboxylic acids is 2. The standard InChI is InChI=1S/C20H17F5N2O3/c21-19(22)30-16-7-2-1-4-12(16)10-26-18(29)13-8-17(28)27(11-13)15-6-3-5-14(9-15)20(23,24)25/h1-7,9,13,19H,8,10-11H2,(H,26,29). The van der Waals surface area contributed by atoms with Gasteiger partial charge in [0.1, 0.15) is 5.75 Å². The van der Waals surface area contributed by atoms with E-state index in [0.717, 1.165) is 17.0 Å². The minimum absolute atomic E-state index is 0.0563. The van der Waals surface area contributed by atoms with Crippen molar-refractivity contribution in [3.63, 3.8) is 0 Å². The van der Waals surface area contributed by atoms with Crippen LogP contribution in [0, 0.1) is 5.92 Å². The van der Waals surface area contributed by atoms with Gasteiger partial charge in [-0.1, -0.05) is 24.3 Å². The summed E-state index contributed by atoms with van der Waals surface area (Å²) < 4.78 is 68.1. The molecule has 1 aliphatic rings. The van der Waals surface area contributed by atoms with Gasteiger partial charge in [0.15, 0.2) is 0 Å². The summed E-state index contributed by atoms with van der Waals surface area (Å²) in [6, 6.07) is 10.3. The van der Waals surface area contributed by atoms with Crippen molar-refractivity contribution in [2.75, 3.05) is 11.4 Å². The number of benzene rings is 2. The van der Waals surface area contributed by atoms with E-state index < -0.39 is 36.1 Å². The van der Waals surface area contributed by atoms with E-state index in [1.54, 1.807) is 6.07 Å². The molecule has 2 amide bonds. The monoisotopic (exact) mass is 428 g/mol. The molecule has 0 aromatic heterocycles. The third-order valence-electron chi connectivity index (χ3n) is 4.62. The summed E-state index contributed by atoms with van der Waals surface area (Å²) in [6.07, 6.45) is -4.72. The summed E-state index contributed by atoms with van der Waals surface area (Å²) in [5.74, 6) is -1.85. The number of nitrogens with zero attached hydrogens (tertiary/aromatic N) is 1. The zero-order valence-electron chi connectivity index (χ0n) is 15.5. The zero-order chi connectivity index (χ0) is 21.9. The SMILES string of the molecule is O=C(NCc1ccccc1OC(F)F)C1CC(=O)N(c2cccc(C(F)(F)F)c2)C1. The maximum atomic E-state index is 12.9. The smallest absolute Gasteiger partial charge is 0.416 e. The molecule has 1 fully saturated rings. The molecule has 10 heteroatoms. The normalized spacial score (nSPS) is 16.8. The van der Waals surface area contributed by atoms with Crippen molar-refractivity contribution in [1.82, 2.24) is 5.32 Å². The lowest BCUT2D eigenvalue weighted by atomic mass is 10.1. The van der Waals surface area contributed by atoms with Gasteiger partial charge >= 0.3 is 12.8 Å². The maximum absolute atomic E-state index is 12.9. The summed E-state index contributed by atoms with van der Waals surface area (Å²) >= 11 is 0. The van der Waals surface area contributed by atoms with Gasteiger partial charge < -0.3 is 15.0 Å². The fourth-order valence-corrected chi connectivity index (χ4v) is 3.17. The second-order valence-corrected chi connectivity index (χ2v) is 6.66. The molecule has 0 aliphatic carbocycles. The molecule has 0 saturated carbocycles. The average Bonchev–Trinajstić information content (AvgIpc) is 3.08. The molecule has 5 nitrogen and oxygen atoms in total. The molecule has 1 aliphatic heterocycles. The highest BCUT2D eigenvalue weighted by Crippen LogP contribution is 2.33. The van der Waals surface area contributed by atoms with Gasteiger partial charge in [-0.05, 0) is 24.3 Å². The van der Waals surface area contributed by atoms with Crippen LogP contribution in [-0.2, 0) is 22.3 Å². The Labute approximate surface area is 168 Å². The van der Waals surface area contributed by atoms with Crippen molar-refractivity contribution < 1.29 is 36.3 Å². The fraction of sp³-hybridized carbons (Fsp3) is 0.300. The van der Waals surface area contributed by atoms with Crippen molar-refractivity contribution in [3.8, 4) is 5.75 Å². The van der Waals surface area contributed by atoms with E-state index in [1.807, 2.05) is 0 Å². The van der Waals surface area contributed by atoms with Crippen LogP contribution in [0.4, 0.5) is 27.6 Å². The van der Waals surface area contributed by atoms with Crippen molar-refractivity contribution in [1.29, 1.82) is 0 Å². The summed E-state index contributed by atoms with van der Waals surface area (Å²) in [7, 11) is 0. The van der Waals surface area contributed by atoms with Gasteiger partial charge in [0.2, 0.25) is 11.8 Å². The van der Waals surface area contributed by atoms with E-state index in [0.29, 0.717) is 5.56 Å². The highest BCUT2D eigenvalue weighted by molar-refractivity contribution is 6.00. The fourth-order valence-electron chi connectivity index (χ4n) is 3.17. The van der Waals surface area contributed by atoms with Gasteiger partial charge in [-0.2, -0.15) is 22.0 Å². The van der Waals surface area contributed by atoms with Gasteiger partial charge in [-0.3, -0.25) is 9.59 Å². The number of nitrogens with one attached hydrogen (secondary N) is 1. The predicted octanol–water partition coefficient (Wildman–Crippen LogP) is 3.98. The van der Waals surface area contributed by atoms with E-state index >= 15 is 0 Å². The molecule has 3 rings (SSSR count). The first-order valence-electron chi connectivity index (χ1n) is 8.93. The summed E-state index contributed by atoms with van der Waals surface area (Å²) in [6.45, 7) is -3.20. The van der Waals surface area contributed by atoms with Crippen LogP contribution in [0.3, 0.4) is 0 Å². The number of rotatable bonds is 6. The Bertz CT molecular complexity index is 933. The Hall–Kier alpha value is -3.17. The molecule has 1 atom stereocenters.